The second-order valence-corrected chi connectivity index (χ2v) is 3.67. The number of halogens is 2. The molecule has 1 aromatic carbocycles. The summed E-state index contributed by atoms with van der Waals surface area (Å²) in [4.78, 5) is 11.0. The number of carbonyl (C=O) groups excluding carboxylic acids is 1. The minimum absolute atomic E-state index is 0.0339. The topological polar surface area (TPSA) is 83.0 Å². The molecule has 1 amide bonds. The number of amides is 1. The zero-order valence-electron chi connectivity index (χ0n) is 9.88. The third-order valence-corrected chi connectivity index (χ3v) is 2.43. The average molecular weight is 268 g/mol. The van der Waals surface area contributed by atoms with Crippen LogP contribution in [-0.4, -0.2) is 27.5 Å². The lowest BCUT2D eigenvalue weighted by atomic mass is 10.3. The molecular formula is C11H10F2N4O2. The van der Waals surface area contributed by atoms with Gasteiger partial charge in [0, 0.05) is 0 Å². The maximum Gasteiger partial charge on any atom is 0.387 e. The molecule has 1 heterocycles. The minimum Gasteiger partial charge on any atom is -0.435 e. The fraction of sp³-hybridized carbons (Fsp3) is 0.182. The molecule has 0 aliphatic heterocycles. The molecule has 0 spiro atoms. The quantitative estimate of drug-likeness (QED) is 0.905. The zero-order chi connectivity index (χ0) is 14.0. The molecule has 2 N–H and O–H groups in total. The highest BCUT2D eigenvalue weighted by atomic mass is 19.3. The number of aromatic nitrogens is 3. The summed E-state index contributed by atoms with van der Waals surface area (Å²) in [6.07, 6.45) is 0. The highest BCUT2D eigenvalue weighted by Crippen LogP contribution is 2.18. The van der Waals surface area contributed by atoms with Gasteiger partial charge in [0.05, 0.1) is 11.4 Å². The molecule has 2 rings (SSSR count). The lowest BCUT2D eigenvalue weighted by Gasteiger charge is -2.06. The molecule has 0 atom stereocenters. The summed E-state index contributed by atoms with van der Waals surface area (Å²) >= 11 is 0. The Balaban J connectivity index is 2.30. The van der Waals surface area contributed by atoms with Crippen molar-refractivity contribution in [1.29, 1.82) is 0 Å². The van der Waals surface area contributed by atoms with Crippen molar-refractivity contribution in [3.05, 3.63) is 35.7 Å². The van der Waals surface area contributed by atoms with E-state index in [4.69, 9.17) is 5.73 Å². The van der Waals surface area contributed by atoms with Crippen molar-refractivity contribution < 1.29 is 18.3 Å². The lowest BCUT2D eigenvalue weighted by molar-refractivity contribution is -0.0498. The van der Waals surface area contributed by atoms with Crippen LogP contribution >= 0.6 is 0 Å². The summed E-state index contributed by atoms with van der Waals surface area (Å²) in [6, 6.07) is 5.77. The van der Waals surface area contributed by atoms with E-state index >= 15 is 0 Å². The molecule has 19 heavy (non-hydrogen) atoms. The Morgan fingerprint density at radius 1 is 1.37 bits per heavy atom. The van der Waals surface area contributed by atoms with Crippen molar-refractivity contribution in [2.24, 2.45) is 5.73 Å². The van der Waals surface area contributed by atoms with Crippen LogP contribution in [0.3, 0.4) is 0 Å². The van der Waals surface area contributed by atoms with Crippen LogP contribution in [0.5, 0.6) is 5.75 Å². The van der Waals surface area contributed by atoms with Gasteiger partial charge in [-0.2, -0.15) is 8.78 Å². The molecule has 0 unspecified atom stereocenters. The highest BCUT2D eigenvalue weighted by molar-refractivity contribution is 5.91. The van der Waals surface area contributed by atoms with Crippen molar-refractivity contribution in [2.75, 3.05) is 0 Å². The van der Waals surface area contributed by atoms with Crippen LogP contribution in [0.15, 0.2) is 24.3 Å². The number of hydrogen-bond donors (Lipinski definition) is 1. The molecule has 0 bridgehead atoms. The number of ether oxygens (including phenoxy) is 1. The Labute approximate surface area is 106 Å². The van der Waals surface area contributed by atoms with Crippen molar-refractivity contribution in [1.82, 2.24) is 15.0 Å². The number of benzene rings is 1. The van der Waals surface area contributed by atoms with Gasteiger partial charge < -0.3 is 10.5 Å². The molecule has 0 fully saturated rings. The van der Waals surface area contributed by atoms with E-state index in [1.165, 1.54) is 28.9 Å². The van der Waals surface area contributed by atoms with Crippen LogP contribution in [0.25, 0.3) is 5.69 Å². The number of nitrogens with zero attached hydrogens (tertiary/aromatic N) is 3. The van der Waals surface area contributed by atoms with Crippen LogP contribution in [-0.2, 0) is 0 Å². The first-order valence-corrected chi connectivity index (χ1v) is 5.26. The van der Waals surface area contributed by atoms with Crippen molar-refractivity contribution >= 4 is 5.91 Å². The summed E-state index contributed by atoms with van der Waals surface area (Å²) in [7, 11) is 0. The van der Waals surface area contributed by atoms with Gasteiger partial charge >= 0.3 is 6.61 Å². The summed E-state index contributed by atoms with van der Waals surface area (Å²) in [5, 5.41) is 7.42. The third-order valence-electron chi connectivity index (χ3n) is 2.43. The van der Waals surface area contributed by atoms with E-state index in [0.29, 0.717) is 11.4 Å². The van der Waals surface area contributed by atoms with Gasteiger partial charge in [0.25, 0.3) is 5.91 Å². The number of nitrogens with two attached hydrogens (primary N) is 1. The Morgan fingerprint density at radius 3 is 2.47 bits per heavy atom. The summed E-state index contributed by atoms with van der Waals surface area (Å²) in [5.41, 5.74) is 6.21. The molecule has 0 radical (unpaired) electrons. The summed E-state index contributed by atoms with van der Waals surface area (Å²) in [6.45, 7) is -1.25. The molecule has 6 nitrogen and oxygen atoms in total. The van der Waals surface area contributed by atoms with Crippen LogP contribution in [0.2, 0.25) is 0 Å². The second kappa shape index (κ2) is 5.01. The number of primary amides is 1. The van der Waals surface area contributed by atoms with E-state index in [1.807, 2.05) is 0 Å². The van der Waals surface area contributed by atoms with Gasteiger partial charge in [-0.25, -0.2) is 4.68 Å². The second-order valence-electron chi connectivity index (χ2n) is 3.67. The van der Waals surface area contributed by atoms with Gasteiger partial charge in [-0.05, 0) is 31.2 Å². The van der Waals surface area contributed by atoms with E-state index in [1.54, 1.807) is 6.92 Å². The Bertz CT molecular complexity index is 595. The van der Waals surface area contributed by atoms with E-state index in [-0.39, 0.29) is 11.4 Å². The number of alkyl halides is 2. The number of rotatable bonds is 4. The van der Waals surface area contributed by atoms with Crippen LogP contribution in [0.4, 0.5) is 8.78 Å². The molecule has 0 aliphatic rings. The fourth-order valence-corrected chi connectivity index (χ4v) is 1.57. The third kappa shape index (κ3) is 2.67. The monoisotopic (exact) mass is 268 g/mol. The smallest absolute Gasteiger partial charge is 0.387 e. The van der Waals surface area contributed by atoms with E-state index in [9.17, 15) is 13.6 Å². The van der Waals surface area contributed by atoms with E-state index in [2.05, 4.69) is 15.0 Å². The highest BCUT2D eigenvalue weighted by Gasteiger charge is 2.14. The molecule has 0 saturated heterocycles. The van der Waals surface area contributed by atoms with E-state index in [0.717, 1.165) is 0 Å². The number of carbonyl (C=O) groups is 1. The first-order valence-electron chi connectivity index (χ1n) is 5.26. The maximum atomic E-state index is 12.0. The summed E-state index contributed by atoms with van der Waals surface area (Å²) in [5.74, 6) is -0.645. The Kier molecular flexibility index (Phi) is 3.41. The predicted octanol–water partition coefficient (Wildman–Crippen LogP) is 1.28. The van der Waals surface area contributed by atoms with Crippen LogP contribution < -0.4 is 10.5 Å². The minimum atomic E-state index is -2.87. The van der Waals surface area contributed by atoms with Gasteiger partial charge in [-0.1, -0.05) is 5.21 Å². The SMILES string of the molecule is Cc1c(C(N)=O)nnn1-c1ccc(OC(F)F)cc1. The molecule has 8 heteroatoms. The van der Waals surface area contributed by atoms with Gasteiger partial charge in [-0.15, -0.1) is 5.10 Å². The standard InChI is InChI=1S/C11H10F2N4O2/c1-6-9(10(14)18)15-16-17(6)7-2-4-8(5-3-7)19-11(12)13/h2-5,11H,1H3,(H2,14,18). The predicted molar refractivity (Wildman–Crippen MR) is 61.2 cm³/mol. The first-order chi connectivity index (χ1) is 8.99. The largest absolute Gasteiger partial charge is 0.435 e. The zero-order valence-corrected chi connectivity index (χ0v) is 9.88. The summed E-state index contributed by atoms with van der Waals surface area (Å²) < 4.78 is 29.6. The van der Waals surface area contributed by atoms with Crippen LogP contribution in [0, 0.1) is 6.92 Å². The average Bonchev–Trinajstić information content (AvgIpc) is 2.71. The lowest BCUT2D eigenvalue weighted by Crippen LogP contribution is -2.13. The van der Waals surface area contributed by atoms with Crippen molar-refractivity contribution in [3.8, 4) is 11.4 Å². The van der Waals surface area contributed by atoms with Crippen molar-refractivity contribution in [3.63, 3.8) is 0 Å². The van der Waals surface area contributed by atoms with Gasteiger partial charge in [0.15, 0.2) is 5.69 Å². The number of hydrogen-bond acceptors (Lipinski definition) is 4. The molecular weight excluding hydrogens is 258 g/mol. The molecule has 1 aromatic heterocycles. The fourth-order valence-electron chi connectivity index (χ4n) is 1.57. The molecule has 0 aliphatic carbocycles. The maximum absolute atomic E-state index is 12.0. The first kappa shape index (κ1) is 12.9. The molecule has 100 valence electrons. The van der Waals surface area contributed by atoms with Crippen LogP contribution in [0.1, 0.15) is 16.2 Å². The van der Waals surface area contributed by atoms with Crippen molar-refractivity contribution in [2.45, 2.75) is 13.5 Å². The Morgan fingerprint density at radius 2 is 2.00 bits per heavy atom. The van der Waals surface area contributed by atoms with E-state index < -0.39 is 12.5 Å². The van der Waals surface area contributed by atoms with Gasteiger partial charge in [-0.3, -0.25) is 4.79 Å². The molecule has 2 aromatic rings. The Hall–Kier alpha value is -2.51. The molecule has 0 saturated carbocycles. The van der Waals surface area contributed by atoms with Gasteiger partial charge in [0.2, 0.25) is 0 Å². The normalized spacial score (nSPS) is 10.7. The van der Waals surface area contributed by atoms with Gasteiger partial charge in [0.1, 0.15) is 5.75 Å².